The van der Waals surface area contributed by atoms with Gasteiger partial charge in [0.2, 0.25) is 5.91 Å². The van der Waals surface area contributed by atoms with Crippen LogP contribution < -0.4 is 5.32 Å². The summed E-state index contributed by atoms with van der Waals surface area (Å²) >= 11 is 5.93. The molecule has 7 nitrogen and oxygen atoms in total. The fourth-order valence-corrected chi connectivity index (χ4v) is 3.86. The number of hydrogen-bond donors (Lipinski definition) is 1. The number of aryl methyl sites for hydroxylation is 1. The van der Waals surface area contributed by atoms with Gasteiger partial charge in [0.15, 0.2) is 5.76 Å². The standard InChI is InChI=1S/C22H20ClF4N3O4S/c1-12(14-9-16(24)17(28-10-14)6-7-35(2,32)33)20(31)29-11-18-19(13-4-3-5-15(23)8-13)30-21(34-18)22(25,26)27/h3-5,8-10,12H,6-7,11H2,1-2H3,(H,29,31). The van der Waals surface area contributed by atoms with Crippen LogP contribution in [0.2, 0.25) is 5.02 Å². The molecule has 1 atom stereocenters. The second kappa shape index (κ2) is 10.3. The van der Waals surface area contributed by atoms with E-state index in [1.54, 1.807) is 6.07 Å². The minimum Gasteiger partial charge on any atom is -0.435 e. The van der Waals surface area contributed by atoms with Crippen molar-refractivity contribution in [1.82, 2.24) is 15.3 Å². The zero-order chi connectivity index (χ0) is 26.0. The molecule has 0 radical (unpaired) electrons. The van der Waals surface area contributed by atoms with Crippen molar-refractivity contribution in [1.29, 1.82) is 0 Å². The Labute approximate surface area is 203 Å². The van der Waals surface area contributed by atoms with Gasteiger partial charge in [0.25, 0.3) is 0 Å². The highest BCUT2D eigenvalue weighted by Gasteiger charge is 2.39. The van der Waals surface area contributed by atoms with Crippen LogP contribution in [0, 0.1) is 5.82 Å². The smallest absolute Gasteiger partial charge is 0.435 e. The van der Waals surface area contributed by atoms with Crippen LogP contribution in [-0.2, 0) is 33.8 Å². The van der Waals surface area contributed by atoms with Crippen molar-refractivity contribution >= 4 is 27.3 Å². The van der Waals surface area contributed by atoms with E-state index >= 15 is 0 Å². The van der Waals surface area contributed by atoms with Crippen LogP contribution in [0.5, 0.6) is 0 Å². The van der Waals surface area contributed by atoms with E-state index in [0.717, 1.165) is 12.3 Å². The molecule has 0 bridgehead atoms. The Hall–Kier alpha value is -2.99. The van der Waals surface area contributed by atoms with Crippen LogP contribution in [-0.4, -0.2) is 36.3 Å². The zero-order valence-corrected chi connectivity index (χ0v) is 20.1. The normalized spacial score (nSPS) is 13.0. The number of sulfone groups is 1. The fourth-order valence-electron chi connectivity index (χ4n) is 3.11. The Bertz CT molecular complexity index is 1340. The molecule has 188 valence electrons. The highest BCUT2D eigenvalue weighted by Crippen LogP contribution is 2.34. The number of benzene rings is 1. The lowest BCUT2D eigenvalue weighted by Crippen LogP contribution is -2.27. The largest absolute Gasteiger partial charge is 0.468 e. The van der Waals surface area contributed by atoms with Gasteiger partial charge in [-0.2, -0.15) is 13.2 Å². The summed E-state index contributed by atoms with van der Waals surface area (Å²) in [4.78, 5) is 20.1. The molecule has 1 aromatic carbocycles. The number of alkyl halides is 3. The summed E-state index contributed by atoms with van der Waals surface area (Å²) in [5, 5.41) is 2.74. The maximum absolute atomic E-state index is 14.4. The SMILES string of the molecule is CC(C(=O)NCc1oc(C(F)(F)F)nc1-c1cccc(Cl)c1)c1cnc(CCS(C)(=O)=O)c(F)c1. The maximum Gasteiger partial charge on any atom is 0.468 e. The predicted octanol–water partition coefficient (Wildman–Crippen LogP) is 4.55. The lowest BCUT2D eigenvalue weighted by atomic mass is 10.0. The first-order valence-electron chi connectivity index (χ1n) is 10.2. The first-order chi connectivity index (χ1) is 16.2. The lowest BCUT2D eigenvalue weighted by molar-refractivity contribution is -0.157. The zero-order valence-electron chi connectivity index (χ0n) is 18.5. The summed E-state index contributed by atoms with van der Waals surface area (Å²) in [6.07, 6.45) is -2.69. The number of nitrogens with one attached hydrogen (secondary N) is 1. The van der Waals surface area contributed by atoms with E-state index < -0.39 is 46.1 Å². The molecule has 0 spiro atoms. The van der Waals surface area contributed by atoms with E-state index in [1.807, 2.05) is 0 Å². The minimum absolute atomic E-state index is 0.0562. The predicted molar refractivity (Wildman–Crippen MR) is 120 cm³/mol. The summed E-state index contributed by atoms with van der Waals surface area (Å²) in [5.41, 5.74) is 0.284. The van der Waals surface area contributed by atoms with Gasteiger partial charge in [-0.3, -0.25) is 9.78 Å². The molecule has 0 saturated heterocycles. The van der Waals surface area contributed by atoms with E-state index in [1.165, 1.54) is 31.3 Å². The maximum atomic E-state index is 14.4. The third-order valence-corrected chi connectivity index (χ3v) is 6.18. The van der Waals surface area contributed by atoms with Crippen LogP contribution in [0.3, 0.4) is 0 Å². The van der Waals surface area contributed by atoms with Gasteiger partial charge >= 0.3 is 12.1 Å². The minimum atomic E-state index is -4.84. The Kier molecular flexibility index (Phi) is 7.85. The van der Waals surface area contributed by atoms with Crippen molar-refractivity contribution in [2.24, 2.45) is 0 Å². The Balaban J connectivity index is 1.76. The van der Waals surface area contributed by atoms with Gasteiger partial charge in [0, 0.05) is 29.5 Å². The van der Waals surface area contributed by atoms with Crippen molar-refractivity contribution in [3.63, 3.8) is 0 Å². The van der Waals surface area contributed by atoms with Crippen LogP contribution in [0.15, 0.2) is 40.9 Å². The van der Waals surface area contributed by atoms with Crippen molar-refractivity contribution < 1.29 is 35.2 Å². The molecule has 1 amide bonds. The molecular weight excluding hydrogens is 514 g/mol. The summed E-state index contributed by atoms with van der Waals surface area (Å²) in [7, 11) is -3.31. The molecule has 0 saturated carbocycles. The Morgan fingerprint density at radius 3 is 2.57 bits per heavy atom. The van der Waals surface area contributed by atoms with Gasteiger partial charge < -0.3 is 9.73 Å². The second-order valence-electron chi connectivity index (χ2n) is 7.82. The van der Waals surface area contributed by atoms with Gasteiger partial charge in [0.05, 0.1) is 23.9 Å². The van der Waals surface area contributed by atoms with Crippen LogP contribution in [0.1, 0.15) is 35.7 Å². The third kappa shape index (κ3) is 7.01. The summed E-state index contributed by atoms with van der Waals surface area (Å²) < 4.78 is 81.3. The average molecular weight is 534 g/mol. The topological polar surface area (TPSA) is 102 Å². The molecule has 0 aliphatic carbocycles. The van der Waals surface area contributed by atoms with E-state index in [0.29, 0.717) is 0 Å². The number of carbonyl (C=O) groups excluding carboxylic acids is 1. The molecule has 13 heteroatoms. The van der Waals surface area contributed by atoms with Gasteiger partial charge in [-0.25, -0.2) is 17.8 Å². The summed E-state index contributed by atoms with van der Waals surface area (Å²) in [6, 6.07) is 7.05. The van der Waals surface area contributed by atoms with Gasteiger partial charge in [-0.05, 0) is 30.7 Å². The molecule has 3 rings (SSSR count). The Morgan fingerprint density at radius 1 is 1.26 bits per heavy atom. The molecule has 2 aromatic heterocycles. The van der Waals surface area contributed by atoms with Crippen molar-refractivity contribution in [2.75, 3.05) is 12.0 Å². The Morgan fingerprint density at radius 2 is 1.97 bits per heavy atom. The van der Waals surface area contributed by atoms with Gasteiger partial charge in [0.1, 0.15) is 21.3 Å². The number of hydrogen-bond acceptors (Lipinski definition) is 6. The number of aromatic nitrogens is 2. The molecule has 0 fully saturated rings. The molecular formula is C22H20ClF4N3O4S. The molecule has 0 aliphatic rings. The van der Waals surface area contributed by atoms with Crippen molar-refractivity contribution in [3.05, 3.63) is 70.3 Å². The molecule has 0 aliphatic heterocycles. The van der Waals surface area contributed by atoms with E-state index in [4.69, 9.17) is 16.0 Å². The van der Waals surface area contributed by atoms with E-state index in [2.05, 4.69) is 15.3 Å². The molecule has 3 aromatic rings. The molecule has 1 N–H and O–H groups in total. The van der Waals surface area contributed by atoms with Crippen molar-refractivity contribution in [2.45, 2.75) is 32.0 Å². The molecule has 2 heterocycles. The molecule has 35 heavy (non-hydrogen) atoms. The summed E-state index contributed by atoms with van der Waals surface area (Å²) in [6.45, 7) is 1.04. The quantitative estimate of drug-likeness (QED) is 0.426. The molecule has 1 unspecified atom stereocenters. The van der Waals surface area contributed by atoms with Gasteiger partial charge in [-0.1, -0.05) is 23.7 Å². The number of amides is 1. The third-order valence-electron chi connectivity index (χ3n) is 5.00. The average Bonchev–Trinajstić information content (AvgIpc) is 3.20. The van der Waals surface area contributed by atoms with E-state index in [-0.39, 0.29) is 45.5 Å². The highest BCUT2D eigenvalue weighted by molar-refractivity contribution is 7.90. The second-order valence-corrected chi connectivity index (χ2v) is 10.5. The highest BCUT2D eigenvalue weighted by atomic mass is 35.5. The van der Waals surface area contributed by atoms with Gasteiger partial charge in [-0.15, -0.1) is 0 Å². The number of rotatable bonds is 8. The number of oxazole rings is 1. The number of carbonyl (C=O) groups is 1. The first kappa shape index (κ1) is 26.6. The monoisotopic (exact) mass is 533 g/mol. The van der Waals surface area contributed by atoms with Crippen LogP contribution in [0.4, 0.5) is 17.6 Å². The number of pyridine rings is 1. The van der Waals surface area contributed by atoms with Crippen molar-refractivity contribution in [3.8, 4) is 11.3 Å². The number of nitrogens with zero attached hydrogens (tertiary/aromatic N) is 2. The van der Waals surface area contributed by atoms with Crippen LogP contribution >= 0.6 is 11.6 Å². The van der Waals surface area contributed by atoms with Crippen LogP contribution in [0.25, 0.3) is 11.3 Å². The lowest BCUT2D eigenvalue weighted by Gasteiger charge is -2.13. The number of halogens is 5. The first-order valence-corrected chi connectivity index (χ1v) is 12.6. The van der Waals surface area contributed by atoms with E-state index in [9.17, 15) is 30.8 Å². The fraction of sp³-hybridized carbons (Fsp3) is 0.318. The summed E-state index contributed by atoms with van der Waals surface area (Å²) in [5.74, 6) is -4.30.